The van der Waals surface area contributed by atoms with Gasteiger partial charge in [-0.25, -0.2) is 0 Å². The highest BCUT2D eigenvalue weighted by atomic mass is 16.3. The fourth-order valence-corrected chi connectivity index (χ4v) is 3.27. The van der Waals surface area contributed by atoms with Crippen LogP contribution in [0.4, 0.5) is 0 Å². The molecule has 2 atom stereocenters. The van der Waals surface area contributed by atoms with Crippen molar-refractivity contribution in [2.75, 3.05) is 13.1 Å². The van der Waals surface area contributed by atoms with Gasteiger partial charge in [0.2, 0.25) is 0 Å². The van der Waals surface area contributed by atoms with Crippen LogP contribution in [-0.2, 0) is 0 Å². The first kappa shape index (κ1) is 12.5. The van der Waals surface area contributed by atoms with Crippen molar-refractivity contribution in [2.24, 2.45) is 0 Å². The standard InChI is InChI=1S/C15H20N2O2/c18-14-5-1-3-11(9-14)15(19)16-12-6-8-17-7-2-4-13(17)10-12/h1,3,5,9,12-13,18H,2,4,6-8,10H2,(H,16,19). The number of amides is 1. The number of aromatic hydroxyl groups is 1. The van der Waals surface area contributed by atoms with Crippen LogP contribution in [0, 0.1) is 0 Å². The summed E-state index contributed by atoms with van der Waals surface area (Å²) in [5.41, 5.74) is 0.536. The third-order valence-electron chi connectivity index (χ3n) is 4.26. The highest BCUT2D eigenvalue weighted by Crippen LogP contribution is 2.27. The summed E-state index contributed by atoms with van der Waals surface area (Å²) in [6, 6.07) is 7.45. The zero-order valence-electron chi connectivity index (χ0n) is 11.0. The molecule has 0 bridgehead atoms. The molecule has 0 radical (unpaired) electrons. The van der Waals surface area contributed by atoms with Crippen molar-refractivity contribution < 1.29 is 9.90 Å². The van der Waals surface area contributed by atoms with Crippen LogP contribution in [0.2, 0.25) is 0 Å². The average Bonchev–Trinajstić information content (AvgIpc) is 2.86. The monoisotopic (exact) mass is 260 g/mol. The van der Waals surface area contributed by atoms with E-state index in [1.165, 1.54) is 25.5 Å². The zero-order chi connectivity index (χ0) is 13.2. The Balaban J connectivity index is 1.61. The smallest absolute Gasteiger partial charge is 0.251 e. The maximum Gasteiger partial charge on any atom is 0.251 e. The van der Waals surface area contributed by atoms with E-state index in [0.29, 0.717) is 11.6 Å². The van der Waals surface area contributed by atoms with Crippen molar-refractivity contribution >= 4 is 5.91 Å². The fraction of sp³-hybridized carbons (Fsp3) is 0.533. The van der Waals surface area contributed by atoms with Crippen molar-refractivity contribution in [3.63, 3.8) is 0 Å². The van der Waals surface area contributed by atoms with E-state index in [1.54, 1.807) is 18.2 Å². The van der Waals surface area contributed by atoms with Gasteiger partial charge in [0.25, 0.3) is 5.91 Å². The molecule has 0 aliphatic carbocycles. The van der Waals surface area contributed by atoms with Gasteiger partial charge in [-0.15, -0.1) is 0 Å². The summed E-state index contributed by atoms with van der Waals surface area (Å²) >= 11 is 0. The second kappa shape index (κ2) is 5.21. The Bertz CT molecular complexity index is 475. The predicted octanol–water partition coefficient (Wildman–Crippen LogP) is 1.75. The Morgan fingerprint density at radius 3 is 3.05 bits per heavy atom. The van der Waals surface area contributed by atoms with Gasteiger partial charge in [0, 0.05) is 24.2 Å². The van der Waals surface area contributed by atoms with Gasteiger partial charge in [-0.05, 0) is 50.4 Å². The summed E-state index contributed by atoms with van der Waals surface area (Å²) in [5, 5.41) is 12.5. The highest BCUT2D eigenvalue weighted by molar-refractivity contribution is 5.94. The van der Waals surface area contributed by atoms with E-state index in [0.717, 1.165) is 19.4 Å². The lowest BCUT2D eigenvalue weighted by atomic mass is 9.97. The first-order chi connectivity index (χ1) is 9.22. The average molecular weight is 260 g/mol. The van der Waals surface area contributed by atoms with E-state index in [2.05, 4.69) is 10.2 Å². The minimum Gasteiger partial charge on any atom is -0.508 e. The van der Waals surface area contributed by atoms with Gasteiger partial charge in [-0.2, -0.15) is 0 Å². The number of fused-ring (bicyclic) bond motifs is 1. The molecule has 1 amide bonds. The molecule has 1 aromatic carbocycles. The van der Waals surface area contributed by atoms with Crippen LogP contribution in [0.3, 0.4) is 0 Å². The number of nitrogens with one attached hydrogen (secondary N) is 1. The van der Waals surface area contributed by atoms with E-state index in [4.69, 9.17) is 0 Å². The molecule has 102 valence electrons. The quantitative estimate of drug-likeness (QED) is 0.851. The normalized spacial score (nSPS) is 26.9. The molecular weight excluding hydrogens is 240 g/mol. The van der Waals surface area contributed by atoms with Gasteiger partial charge in [-0.3, -0.25) is 4.79 Å². The zero-order valence-corrected chi connectivity index (χ0v) is 11.0. The number of phenolic OH excluding ortho intramolecular Hbond substituents is 1. The number of piperidine rings is 1. The Kier molecular flexibility index (Phi) is 3.42. The summed E-state index contributed by atoms with van der Waals surface area (Å²) in [5.74, 6) is 0.0607. The number of rotatable bonds is 2. The van der Waals surface area contributed by atoms with Crippen LogP contribution in [0.25, 0.3) is 0 Å². The number of hydrogen-bond donors (Lipinski definition) is 2. The maximum atomic E-state index is 12.1. The predicted molar refractivity (Wildman–Crippen MR) is 73.2 cm³/mol. The van der Waals surface area contributed by atoms with Crippen LogP contribution in [0.5, 0.6) is 5.75 Å². The molecule has 1 aromatic rings. The van der Waals surface area contributed by atoms with Gasteiger partial charge in [0.05, 0.1) is 0 Å². The Morgan fingerprint density at radius 2 is 2.21 bits per heavy atom. The number of hydrogen-bond acceptors (Lipinski definition) is 3. The van der Waals surface area contributed by atoms with E-state index < -0.39 is 0 Å². The third-order valence-corrected chi connectivity index (χ3v) is 4.26. The molecule has 0 aromatic heterocycles. The number of phenols is 1. The number of nitrogens with zero attached hydrogens (tertiary/aromatic N) is 1. The molecule has 4 heteroatoms. The topological polar surface area (TPSA) is 52.6 Å². The largest absolute Gasteiger partial charge is 0.508 e. The van der Waals surface area contributed by atoms with Crippen molar-refractivity contribution in [3.8, 4) is 5.75 Å². The number of carbonyl (C=O) groups is 1. The molecule has 2 saturated heterocycles. The molecule has 2 heterocycles. The molecule has 2 unspecified atom stereocenters. The first-order valence-corrected chi connectivity index (χ1v) is 7.06. The highest BCUT2D eigenvalue weighted by Gasteiger charge is 2.32. The number of benzene rings is 1. The summed E-state index contributed by atoms with van der Waals surface area (Å²) in [6.07, 6.45) is 4.64. The lowest BCUT2D eigenvalue weighted by Crippen LogP contribution is -2.47. The molecule has 0 spiro atoms. The molecule has 19 heavy (non-hydrogen) atoms. The van der Waals surface area contributed by atoms with Crippen LogP contribution >= 0.6 is 0 Å². The molecular formula is C15H20N2O2. The molecule has 0 saturated carbocycles. The van der Waals surface area contributed by atoms with Crippen LogP contribution in [0.1, 0.15) is 36.0 Å². The van der Waals surface area contributed by atoms with E-state index in [1.807, 2.05) is 0 Å². The number of carbonyl (C=O) groups excluding carboxylic acids is 1. The molecule has 3 rings (SSSR count). The van der Waals surface area contributed by atoms with Gasteiger partial charge in [0.1, 0.15) is 5.75 Å². The fourth-order valence-electron chi connectivity index (χ4n) is 3.27. The summed E-state index contributed by atoms with van der Waals surface area (Å²) < 4.78 is 0. The van der Waals surface area contributed by atoms with E-state index in [9.17, 15) is 9.90 Å². The molecule has 4 nitrogen and oxygen atoms in total. The Hall–Kier alpha value is -1.55. The first-order valence-electron chi connectivity index (χ1n) is 7.06. The van der Waals surface area contributed by atoms with Crippen LogP contribution in [0.15, 0.2) is 24.3 Å². The van der Waals surface area contributed by atoms with Crippen molar-refractivity contribution in [3.05, 3.63) is 29.8 Å². The summed E-state index contributed by atoms with van der Waals surface area (Å²) in [4.78, 5) is 14.7. The molecule has 2 N–H and O–H groups in total. The molecule has 2 aliphatic rings. The Morgan fingerprint density at radius 1 is 1.32 bits per heavy atom. The molecule has 2 fully saturated rings. The van der Waals surface area contributed by atoms with Gasteiger partial charge in [-0.1, -0.05) is 6.07 Å². The van der Waals surface area contributed by atoms with Crippen LogP contribution < -0.4 is 5.32 Å². The second-order valence-corrected chi connectivity index (χ2v) is 5.58. The van der Waals surface area contributed by atoms with E-state index in [-0.39, 0.29) is 17.7 Å². The molecule has 2 aliphatic heterocycles. The minimum atomic E-state index is -0.0765. The lowest BCUT2D eigenvalue weighted by Gasteiger charge is -2.35. The maximum absolute atomic E-state index is 12.1. The van der Waals surface area contributed by atoms with Crippen molar-refractivity contribution in [1.29, 1.82) is 0 Å². The van der Waals surface area contributed by atoms with Gasteiger partial charge >= 0.3 is 0 Å². The van der Waals surface area contributed by atoms with Crippen molar-refractivity contribution in [2.45, 2.75) is 37.8 Å². The third kappa shape index (κ3) is 2.73. The van der Waals surface area contributed by atoms with E-state index >= 15 is 0 Å². The lowest BCUT2D eigenvalue weighted by molar-refractivity contribution is 0.0896. The summed E-state index contributed by atoms with van der Waals surface area (Å²) in [6.45, 7) is 2.31. The summed E-state index contributed by atoms with van der Waals surface area (Å²) in [7, 11) is 0. The SMILES string of the molecule is O=C(NC1CCN2CCCC2C1)c1cccc(O)c1. The minimum absolute atomic E-state index is 0.0765. The van der Waals surface area contributed by atoms with Gasteiger partial charge < -0.3 is 15.3 Å². The second-order valence-electron chi connectivity index (χ2n) is 5.58. The van der Waals surface area contributed by atoms with Gasteiger partial charge in [0.15, 0.2) is 0 Å². The van der Waals surface area contributed by atoms with Crippen LogP contribution in [-0.4, -0.2) is 41.1 Å². The Labute approximate surface area is 113 Å². The van der Waals surface area contributed by atoms with Crippen molar-refractivity contribution in [1.82, 2.24) is 10.2 Å².